The number of carbonyl (C=O) groups is 1. The van der Waals surface area contributed by atoms with Crippen LogP contribution in [0.15, 0.2) is 12.1 Å². The van der Waals surface area contributed by atoms with Gasteiger partial charge in [-0.2, -0.15) is 13.2 Å². The zero-order valence-electron chi connectivity index (χ0n) is 17.1. The zero-order valence-corrected chi connectivity index (χ0v) is 17.1. The third-order valence-corrected chi connectivity index (χ3v) is 5.05. The highest BCUT2D eigenvalue weighted by Gasteiger charge is 2.39. The Balaban J connectivity index is 0.000000633. The first-order valence-electron chi connectivity index (χ1n) is 9.41. The number of aliphatic hydroxyl groups is 2. The van der Waals surface area contributed by atoms with Crippen molar-refractivity contribution in [2.45, 2.75) is 31.2 Å². The first-order chi connectivity index (χ1) is 14.9. The summed E-state index contributed by atoms with van der Waals surface area (Å²) in [6, 6.07) is 1.16. The predicted octanol–water partition coefficient (Wildman–Crippen LogP) is 2.16. The third kappa shape index (κ3) is 7.89. The van der Waals surface area contributed by atoms with Crippen LogP contribution in [0.3, 0.4) is 0 Å². The number of rotatable bonds is 8. The molecular formula is C19H25F6NO6. The topological polar surface area (TPSA) is 108 Å². The van der Waals surface area contributed by atoms with Gasteiger partial charge in [0.25, 0.3) is 0 Å². The van der Waals surface area contributed by atoms with Crippen LogP contribution in [0.4, 0.5) is 26.3 Å². The van der Waals surface area contributed by atoms with E-state index in [-0.39, 0.29) is 25.3 Å². The molecule has 13 heteroatoms. The summed E-state index contributed by atoms with van der Waals surface area (Å²) >= 11 is 0. The van der Waals surface area contributed by atoms with Gasteiger partial charge in [-0.3, -0.25) is 0 Å². The van der Waals surface area contributed by atoms with Gasteiger partial charge in [0, 0.05) is 32.3 Å². The first kappa shape index (κ1) is 28.1. The second-order valence-electron chi connectivity index (χ2n) is 7.17. The van der Waals surface area contributed by atoms with Gasteiger partial charge in [-0.05, 0) is 30.5 Å². The fourth-order valence-corrected chi connectivity index (χ4v) is 3.06. The molecule has 1 saturated heterocycles. The van der Waals surface area contributed by atoms with E-state index in [4.69, 9.17) is 19.4 Å². The molecule has 0 radical (unpaired) electrons. The Labute approximate surface area is 179 Å². The Morgan fingerprint density at radius 2 is 1.72 bits per heavy atom. The Morgan fingerprint density at radius 1 is 1.22 bits per heavy atom. The molecule has 0 aliphatic carbocycles. The lowest BCUT2D eigenvalue weighted by molar-refractivity contribution is -0.192. The summed E-state index contributed by atoms with van der Waals surface area (Å²) in [5.74, 6) is -6.85. The van der Waals surface area contributed by atoms with Gasteiger partial charge in [0.2, 0.25) is 0 Å². The molecule has 0 bridgehead atoms. The third-order valence-electron chi connectivity index (χ3n) is 5.05. The van der Waals surface area contributed by atoms with Crippen molar-refractivity contribution >= 4 is 5.97 Å². The molecule has 2 unspecified atom stereocenters. The molecule has 2 rings (SSSR count). The van der Waals surface area contributed by atoms with Crippen molar-refractivity contribution in [3.63, 3.8) is 0 Å². The molecule has 7 nitrogen and oxygen atoms in total. The fourth-order valence-electron chi connectivity index (χ4n) is 3.06. The van der Waals surface area contributed by atoms with E-state index in [1.807, 2.05) is 0 Å². The number of alkyl halides is 3. The SMILES string of the molecule is COCC(NCC(O)C1(CO)CCOCC1)c1cc(F)c(F)c(F)c1.O=C(O)C(F)(F)F. The van der Waals surface area contributed by atoms with Crippen molar-refractivity contribution in [1.29, 1.82) is 0 Å². The molecule has 0 saturated carbocycles. The fraction of sp³-hybridized carbons (Fsp3) is 0.632. The molecule has 1 heterocycles. The molecule has 0 aromatic heterocycles. The molecule has 1 aromatic carbocycles. The Hall–Kier alpha value is -1.93. The van der Waals surface area contributed by atoms with Gasteiger partial charge in [0.05, 0.1) is 25.4 Å². The van der Waals surface area contributed by atoms with Crippen molar-refractivity contribution < 1.29 is 55.9 Å². The number of hydrogen-bond donors (Lipinski definition) is 4. The van der Waals surface area contributed by atoms with Gasteiger partial charge in [0.15, 0.2) is 17.5 Å². The van der Waals surface area contributed by atoms with Crippen molar-refractivity contribution in [3.8, 4) is 0 Å². The number of carboxylic acid groups (broad SMARTS) is 1. The quantitative estimate of drug-likeness (QED) is 0.336. The van der Waals surface area contributed by atoms with Crippen molar-refractivity contribution in [1.82, 2.24) is 5.32 Å². The number of aliphatic hydroxyl groups excluding tert-OH is 2. The van der Waals surface area contributed by atoms with Crippen molar-refractivity contribution in [2.24, 2.45) is 5.41 Å². The first-order valence-corrected chi connectivity index (χ1v) is 9.41. The van der Waals surface area contributed by atoms with E-state index in [2.05, 4.69) is 5.32 Å². The van der Waals surface area contributed by atoms with E-state index in [9.17, 15) is 36.6 Å². The number of aliphatic carboxylic acids is 1. The molecule has 2 atom stereocenters. The van der Waals surface area contributed by atoms with E-state index < -0.39 is 47.2 Å². The summed E-state index contributed by atoms with van der Waals surface area (Å²) in [5.41, 5.74) is -0.502. The van der Waals surface area contributed by atoms with Crippen LogP contribution in [0.5, 0.6) is 0 Å². The number of benzene rings is 1. The van der Waals surface area contributed by atoms with Crippen molar-refractivity contribution in [2.75, 3.05) is 40.1 Å². The number of carboxylic acids is 1. The number of hydrogen-bond acceptors (Lipinski definition) is 6. The van der Waals surface area contributed by atoms with Gasteiger partial charge >= 0.3 is 12.1 Å². The molecule has 0 amide bonds. The summed E-state index contributed by atoms with van der Waals surface area (Å²) in [5, 5.41) is 30.3. The second kappa shape index (κ2) is 12.3. The van der Waals surface area contributed by atoms with E-state index >= 15 is 0 Å². The van der Waals surface area contributed by atoms with Gasteiger partial charge in [-0.15, -0.1) is 0 Å². The lowest BCUT2D eigenvalue weighted by atomic mass is 9.76. The smallest absolute Gasteiger partial charge is 0.475 e. The summed E-state index contributed by atoms with van der Waals surface area (Å²) in [6.45, 7) is 0.872. The van der Waals surface area contributed by atoms with E-state index in [1.165, 1.54) is 7.11 Å². The molecule has 0 spiro atoms. The molecule has 1 aromatic rings. The zero-order chi connectivity index (χ0) is 24.5. The summed E-state index contributed by atoms with van der Waals surface area (Å²) in [7, 11) is 1.43. The lowest BCUT2D eigenvalue weighted by Gasteiger charge is -2.40. The van der Waals surface area contributed by atoms with Gasteiger partial charge in [-0.25, -0.2) is 18.0 Å². The van der Waals surface area contributed by atoms with E-state index in [0.29, 0.717) is 26.1 Å². The minimum Gasteiger partial charge on any atom is -0.475 e. The average molecular weight is 477 g/mol. The maximum absolute atomic E-state index is 13.5. The average Bonchev–Trinajstić information content (AvgIpc) is 2.74. The highest BCUT2D eigenvalue weighted by atomic mass is 19.4. The monoisotopic (exact) mass is 477 g/mol. The van der Waals surface area contributed by atoms with Crippen LogP contribution in [0, 0.1) is 22.9 Å². The number of methoxy groups -OCH3 is 1. The summed E-state index contributed by atoms with van der Waals surface area (Å²) < 4.78 is 82.1. The molecule has 1 aliphatic rings. The summed E-state index contributed by atoms with van der Waals surface area (Å²) in [4.78, 5) is 8.90. The lowest BCUT2D eigenvalue weighted by Crippen LogP contribution is -2.48. The summed E-state index contributed by atoms with van der Waals surface area (Å²) in [6.07, 6.45) is -4.93. The van der Waals surface area contributed by atoms with Crippen LogP contribution < -0.4 is 5.32 Å². The molecule has 1 aliphatic heterocycles. The van der Waals surface area contributed by atoms with Gasteiger partial charge in [0.1, 0.15) is 0 Å². The second-order valence-corrected chi connectivity index (χ2v) is 7.17. The van der Waals surface area contributed by atoms with Crippen LogP contribution >= 0.6 is 0 Å². The van der Waals surface area contributed by atoms with Gasteiger partial charge in [-0.1, -0.05) is 0 Å². The number of nitrogens with one attached hydrogen (secondary N) is 1. The number of halogens is 6. The minimum absolute atomic E-state index is 0.0759. The van der Waals surface area contributed by atoms with Crippen LogP contribution in [-0.4, -0.2) is 73.7 Å². The highest BCUT2D eigenvalue weighted by Crippen LogP contribution is 2.34. The molecule has 32 heavy (non-hydrogen) atoms. The molecule has 184 valence electrons. The highest BCUT2D eigenvalue weighted by molar-refractivity contribution is 5.73. The largest absolute Gasteiger partial charge is 0.490 e. The Morgan fingerprint density at radius 3 is 2.12 bits per heavy atom. The van der Waals surface area contributed by atoms with Crippen LogP contribution in [-0.2, 0) is 14.3 Å². The standard InChI is InChI=1S/C17H24F3NO4.C2HF3O2/c1-24-9-14(11-6-12(18)16(20)13(19)7-11)21-8-15(23)17(10-22)2-4-25-5-3-17;3-2(4,5)1(6)7/h6-7,14-15,21-23H,2-5,8-10H2,1H3;(H,6,7). The van der Waals surface area contributed by atoms with Crippen LogP contribution in [0.2, 0.25) is 0 Å². The predicted molar refractivity (Wildman–Crippen MR) is 98.2 cm³/mol. The molecule has 4 N–H and O–H groups in total. The normalized spacial score (nSPS) is 17.8. The number of ether oxygens (including phenoxy) is 2. The minimum atomic E-state index is -5.08. The van der Waals surface area contributed by atoms with Gasteiger partial charge < -0.3 is 30.1 Å². The Kier molecular flexibility index (Phi) is 10.8. The Bertz CT molecular complexity index is 719. The van der Waals surface area contributed by atoms with Crippen LogP contribution in [0.25, 0.3) is 0 Å². The van der Waals surface area contributed by atoms with E-state index in [0.717, 1.165) is 12.1 Å². The van der Waals surface area contributed by atoms with E-state index in [1.54, 1.807) is 0 Å². The van der Waals surface area contributed by atoms with Crippen molar-refractivity contribution in [3.05, 3.63) is 35.1 Å². The maximum atomic E-state index is 13.5. The maximum Gasteiger partial charge on any atom is 0.490 e. The molecular weight excluding hydrogens is 452 g/mol. The van der Waals surface area contributed by atoms with Crippen LogP contribution in [0.1, 0.15) is 24.4 Å². The molecule has 1 fully saturated rings.